The smallest absolute Gasteiger partial charge is 0.245 e. The van der Waals surface area contributed by atoms with Gasteiger partial charge in [0.2, 0.25) is 5.28 Å². The third kappa shape index (κ3) is 1.74. The number of hydrogen-bond donors (Lipinski definition) is 0. The highest BCUT2D eigenvalue weighted by Gasteiger charge is 2.37. The van der Waals surface area contributed by atoms with Crippen molar-refractivity contribution >= 4 is 29.0 Å². The molecular formula is C10H12Cl2N4. The van der Waals surface area contributed by atoms with Crippen molar-refractivity contribution in [3.05, 3.63) is 10.4 Å². The van der Waals surface area contributed by atoms with Crippen LogP contribution in [-0.2, 0) is 0 Å². The first kappa shape index (κ1) is 10.5. The maximum absolute atomic E-state index is 6.00. The summed E-state index contributed by atoms with van der Waals surface area (Å²) in [5.41, 5.74) is 0. The van der Waals surface area contributed by atoms with E-state index in [1.54, 1.807) is 0 Å². The monoisotopic (exact) mass is 258 g/mol. The van der Waals surface area contributed by atoms with Gasteiger partial charge in [-0.1, -0.05) is 18.0 Å². The van der Waals surface area contributed by atoms with E-state index in [0.717, 1.165) is 24.9 Å². The molecule has 16 heavy (non-hydrogen) atoms. The van der Waals surface area contributed by atoms with Crippen molar-refractivity contribution < 1.29 is 0 Å². The normalized spacial score (nSPS) is 28.5. The zero-order valence-electron chi connectivity index (χ0n) is 8.74. The zero-order valence-corrected chi connectivity index (χ0v) is 10.2. The van der Waals surface area contributed by atoms with Crippen molar-refractivity contribution in [3.8, 4) is 0 Å². The molecule has 4 nitrogen and oxygen atoms in total. The third-order valence-corrected chi connectivity index (χ3v) is 4.03. The largest absolute Gasteiger partial charge is 0.353 e. The molecule has 1 saturated carbocycles. The molecule has 2 fully saturated rings. The topological polar surface area (TPSA) is 41.9 Å². The van der Waals surface area contributed by atoms with Crippen molar-refractivity contribution in [1.82, 2.24) is 15.2 Å². The van der Waals surface area contributed by atoms with Crippen LogP contribution in [-0.4, -0.2) is 28.3 Å². The van der Waals surface area contributed by atoms with Gasteiger partial charge >= 0.3 is 0 Å². The van der Waals surface area contributed by atoms with Crippen LogP contribution in [0.3, 0.4) is 0 Å². The van der Waals surface area contributed by atoms with Crippen LogP contribution in [0.4, 0.5) is 5.82 Å². The second-order valence-electron chi connectivity index (χ2n) is 4.55. The molecule has 1 saturated heterocycles. The van der Waals surface area contributed by atoms with E-state index in [0.29, 0.717) is 11.0 Å². The van der Waals surface area contributed by atoms with Gasteiger partial charge in [0.05, 0.1) is 0 Å². The molecule has 1 aromatic rings. The van der Waals surface area contributed by atoms with Crippen LogP contribution in [0, 0.1) is 11.8 Å². The van der Waals surface area contributed by atoms with Gasteiger partial charge in [-0.15, -0.1) is 10.2 Å². The summed E-state index contributed by atoms with van der Waals surface area (Å²) in [5.74, 6) is 2.28. The predicted octanol–water partition coefficient (Wildman–Crippen LogP) is 2.41. The Kier molecular flexibility index (Phi) is 2.64. The number of anilines is 1. The van der Waals surface area contributed by atoms with Crippen LogP contribution in [0.5, 0.6) is 0 Å². The van der Waals surface area contributed by atoms with Crippen molar-refractivity contribution in [1.29, 1.82) is 0 Å². The lowest BCUT2D eigenvalue weighted by Crippen LogP contribution is -2.22. The fraction of sp³-hybridized carbons (Fsp3) is 0.700. The summed E-state index contributed by atoms with van der Waals surface area (Å²) in [4.78, 5) is 6.36. The molecule has 3 rings (SSSR count). The number of hydrogen-bond acceptors (Lipinski definition) is 4. The minimum Gasteiger partial charge on any atom is -0.353 e. The second kappa shape index (κ2) is 4.00. The van der Waals surface area contributed by atoms with Gasteiger partial charge < -0.3 is 4.90 Å². The standard InChI is InChI=1S/C10H12Cl2N4/c11-8-9(13-10(12)15-14-8)16-4-6-2-1-3-7(6)5-16/h6-7H,1-5H2. The first-order chi connectivity index (χ1) is 7.74. The van der Waals surface area contributed by atoms with Crippen molar-refractivity contribution in [2.24, 2.45) is 11.8 Å². The summed E-state index contributed by atoms with van der Waals surface area (Å²) in [5, 5.41) is 7.94. The summed E-state index contributed by atoms with van der Waals surface area (Å²) in [6, 6.07) is 0. The number of halogens is 2. The minimum atomic E-state index is 0.163. The Balaban J connectivity index is 1.85. The molecule has 0 amide bonds. The van der Waals surface area contributed by atoms with Gasteiger partial charge in [0.1, 0.15) is 0 Å². The van der Waals surface area contributed by atoms with Gasteiger partial charge in [-0.2, -0.15) is 4.98 Å². The Hall–Kier alpha value is -0.610. The fourth-order valence-corrected chi connectivity index (χ4v) is 3.21. The molecule has 0 N–H and O–H groups in total. The lowest BCUT2D eigenvalue weighted by molar-refractivity contribution is 0.494. The average Bonchev–Trinajstić information content (AvgIpc) is 2.81. The Morgan fingerprint density at radius 2 is 1.75 bits per heavy atom. The van der Waals surface area contributed by atoms with Gasteiger partial charge in [0, 0.05) is 13.1 Å². The van der Waals surface area contributed by atoms with Crippen LogP contribution >= 0.6 is 23.2 Å². The molecule has 2 heterocycles. The molecule has 2 atom stereocenters. The van der Waals surface area contributed by atoms with Crippen LogP contribution in [0.15, 0.2) is 0 Å². The van der Waals surface area contributed by atoms with Gasteiger partial charge in [0.25, 0.3) is 0 Å². The highest BCUT2D eigenvalue weighted by atomic mass is 35.5. The lowest BCUT2D eigenvalue weighted by atomic mass is 10.0. The Morgan fingerprint density at radius 1 is 1.06 bits per heavy atom. The summed E-state index contributed by atoms with van der Waals surface area (Å²) in [7, 11) is 0. The summed E-state index contributed by atoms with van der Waals surface area (Å²) < 4.78 is 0. The van der Waals surface area contributed by atoms with Gasteiger partial charge in [-0.25, -0.2) is 0 Å². The molecule has 1 aliphatic carbocycles. The first-order valence-corrected chi connectivity index (χ1v) is 6.30. The molecule has 2 unspecified atom stereocenters. The Labute approximate surface area is 104 Å². The van der Waals surface area contributed by atoms with E-state index in [4.69, 9.17) is 23.2 Å². The number of aromatic nitrogens is 3. The number of nitrogens with zero attached hydrogens (tertiary/aromatic N) is 4. The fourth-order valence-electron chi connectivity index (χ4n) is 2.89. The molecular weight excluding hydrogens is 247 g/mol. The third-order valence-electron chi connectivity index (χ3n) is 3.63. The summed E-state index contributed by atoms with van der Waals surface area (Å²) in [6.45, 7) is 2.05. The molecule has 6 heteroatoms. The SMILES string of the molecule is Clc1nnc(Cl)c(N2CC3CCCC3C2)n1. The van der Waals surface area contributed by atoms with Crippen LogP contribution in [0.1, 0.15) is 19.3 Å². The van der Waals surface area contributed by atoms with Gasteiger partial charge in [-0.05, 0) is 36.3 Å². The molecule has 0 radical (unpaired) electrons. The van der Waals surface area contributed by atoms with Crippen molar-refractivity contribution in [2.45, 2.75) is 19.3 Å². The quantitative estimate of drug-likeness (QED) is 0.776. The van der Waals surface area contributed by atoms with Gasteiger partial charge in [-0.3, -0.25) is 0 Å². The Bertz CT molecular complexity index is 400. The molecule has 2 aliphatic rings. The molecule has 0 bridgehead atoms. The highest BCUT2D eigenvalue weighted by Crippen LogP contribution is 2.40. The molecule has 1 aromatic heterocycles. The minimum absolute atomic E-state index is 0.163. The molecule has 0 spiro atoms. The van der Waals surface area contributed by atoms with Gasteiger partial charge in [0.15, 0.2) is 11.0 Å². The number of fused-ring (bicyclic) bond motifs is 1. The summed E-state index contributed by atoms with van der Waals surface area (Å²) in [6.07, 6.45) is 4.01. The Morgan fingerprint density at radius 3 is 2.44 bits per heavy atom. The van der Waals surface area contributed by atoms with E-state index < -0.39 is 0 Å². The highest BCUT2D eigenvalue weighted by molar-refractivity contribution is 6.32. The predicted molar refractivity (Wildman–Crippen MR) is 62.9 cm³/mol. The second-order valence-corrected chi connectivity index (χ2v) is 5.25. The van der Waals surface area contributed by atoms with E-state index in [2.05, 4.69) is 20.1 Å². The number of rotatable bonds is 1. The van der Waals surface area contributed by atoms with Crippen LogP contribution in [0.25, 0.3) is 0 Å². The maximum atomic E-state index is 6.00. The molecule has 0 aromatic carbocycles. The average molecular weight is 259 g/mol. The van der Waals surface area contributed by atoms with Crippen LogP contribution < -0.4 is 4.90 Å². The molecule has 86 valence electrons. The first-order valence-electron chi connectivity index (χ1n) is 5.54. The van der Waals surface area contributed by atoms with Crippen molar-refractivity contribution in [2.75, 3.05) is 18.0 Å². The van der Waals surface area contributed by atoms with Crippen molar-refractivity contribution in [3.63, 3.8) is 0 Å². The van der Waals surface area contributed by atoms with E-state index in [1.807, 2.05) is 0 Å². The van der Waals surface area contributed by atoms with E-state index in [-0.39, 0.29) is 5.28 Å². The molecule has 1 aliphatic heterocycles. The lowest BCUT2D eigenvalue weighted by Gasteiger charge is -2.18. The van der Waals surface area contributed by atoms with E-state index in [1.165, 1.54) is 19.3 Å². The summed E-state index contributed by atoms with van der Waals surface area (Å²) >= 11 is 11.7. The van der Waals surface area contributed by atoms with Crippen LogP contribution in [0.2, 0.25) is 10.4 Å². The maximum Gasteiger partial charge on any atom is 0.245 e. The van der Waals surface area contributed by atoms with E-state index >= 15 is 0 Å². The zero-order chi connectivity index (χ0) is 11.1. The van der Waals surface area contributed by atoms with E-state index in [9.17, 15) is 0 Å².